The summed E-state index contributed by atoms with van der Waals surface area (Å²) in [6.45, 7) is 0.343. The Balaban J connectivity index is 1.73. The molecule has 0 unspecified atom stereocenters. The number of carbonyl (C=O) groups excluding carboxylic acids is 1. The number of anilines is 2. The van der Waals surface area contributed by atoms with E-state index in [1.54, 1.807) is 54.6 Å². The molecule has 8 nitrogen and oxygen atoms in total. The van der Waals surface area contributed by atoms with E-state index in [0.29, 0.717) is 35.0 Å². The number of hydrogen-bond acceptors (Lipinski definition) is 6. The van der Waals surface area contributed by atoms with Gasteiger partial charge >= 0.3 is 5.97 Å². The number of nitrogens with two attached hydrogens (primary N) is 1. The summed E-state index contributed by atoms with van der Waals surface area (Å²) in [6, 6.07) is 18.8. The van der Waals surface area contributed by atoms with Crippen molar-refractivity contribution >= 4 is 23.3 Å². The van der Waals surface area contributed by atoms with Gasteiger partial charge in [-0.05, 0) is 29.8 Å². The molecule has 160 valence electrons. The monoisotopic (exact) mass is 421 g/mol. The Morgan fingerprint density at radius 2 is 1.58 bits per heavy atom. The zero-order valence-corrected chi connectivity index (χ0v) is 17.2. The van der Waals surface area contributed by atoms with E-state index in [1.807, 2.05) is 6.07 Å². The Bertz CT molecular complexity index is 1070. The average Bonchev–Trinajstić information content (AvgIpc) is 2.81. The first kappa shape index (κ1) is 21.7. The van der Waals surface area contributed by atoms with Crippen molar-refractivity contribution in [1.29, 1.82) is 0 Å². The molecule has 0 aliphatic rings. The van der Waals surface area contributed by atoms with Crippen LogP contribution >= 0.6 is 0 Å². The van der Waals surface area contributed by atoms with Crippen LogP contribution < -0.4 is 25.6 Å². The molecule has 0 atom stereocenters. The molecule has 31 heavy (non-hydrogen) atoms. The molecule has 0 saturated carbocycles. The molecule has 0 heterocycles. The summed E-state index contributed by atoms with van der Waals surface area (Å²) in [6.07, 6.45) is 0. The number of hydrazine groups is 1. The Morgan fingerprint density at radius 3 is 2.16 bits per heavy atom. The van der Waals surface area contributed by atoms with Gasteiger partial charge in [0.1, 0.15) is 0 Å². The molecule has 0 bridgehead atoms. The zero-order valence-electron chi connectivity index (χ0n) is 17.2. The SMILES string of the molecule is COc1cc(NCc2ccc(C(=O)N(N)c3ccccc3)cc2)c(C(=O)O)cc1OC. The normalized spacial score (nSPS) is 10.3. The van der Waals surface area contributed by atoms with Gasteiger partial charge in [-0.1, -0.05) is 30.3 Å². The van der Waals surface area contributed by atoms with Crippen LogP contribution in [0.1, 0.15) is 26.3 Å². The second-order valence-electron chi connectivity index (χ2n) is 6.62. The Hall–Kier alpha value is -4.04. The predicted molar refractivity (Wildman–Crippen MR) is 118 cm³/mol. The van der Waals surface area contributed by atoms with E-state index in [-0.39, 0.29) is 11.5 Å². The zero-order chi connectivity index (χ0) is 22.4. The fourth-order valence-corrected chi connectivity index (χ4v) is 3.01. The quantitative estimate of drug-likeness (QED) is 0.290. The van der Waals surface area contributed by atoms with Crippen molar-refractivity contribution in [2.24, 2.45) is 5.84 Å². The highest BCUT2D eigenvalue weighted by Crippen LogP contribution is 2.33. The van der Waals surface area contributed by atoms with Crippen LogP contribution in [-0.4, -0.2) is 31.2 Å². The molecular formula is C23H23N3O5. The summed E-state index contributed by atoms with van der Waals surface area (Å²) in [5, 5.41) is 13.7. The Labute approximate surface area is 179 Å². The molecule has 0 aliphatic heterocycles. The van der Waals surface area contributed by atoms with E-state index in [0.717, 1.165) is 10.6 Å². The maximum atomic E-state index is 12.6. The molecule has 0 aliphatic carbocycles. The van der Waals surface area contributed by atoms with Crippen LogP contribution in [0.2, 0.25) is 0 Å². The second kappa shape index (κ2) is 9.64. The number of carboxylic acids is 1. The third kappa shape index (κ3) is 4.93. The maximum absolute atomic E-state index is 12.6. The largest absolute Gasteiger partial charge is 0.493 e. The lowest BCUT2D eigenvalue weighted by Gasteiger charge is -2.17. The van der Waals surface area contributed by atoms with Gasteiger partial charge in [0.05, 0.1) is 31.2 Å². The first-order valence-corrected chi connectivity index (χ1v) is 9.41. The third-order valence-corrected chi connectivity index (χ3v) is 4.69. The predicted octanol–water partition coefficient (Wildman–Crippen LogP) is 3.53. The first-order chi connectivity index (χ1) is 14.9. The number of methoxy groups -OCH3 is 2. The van der Waals surface area contributed by atoms with Gasteiger partial charge in [-0.15, -0.1) is 0 Å². The number of amides is 1. The topological polar surface area (TPSA) is 114 Å². The molecule has 4 N–H and O–H groups in total. The van der Waals surface area contributed by atoms with E-state index < -0.39 is 5.97 Å². The van der Waals surface area contributed by atoms with Crippen molar-refractivity contribution in [3.05, 3.63) is 83.4 Å². The van der Waals surface area contributed by atoms with E-state index in [4.69, 9.17) is 15.3 Å². The lowest BCUT2D eigenvalue weighted by atomic mass is 10.1. The average molecular weight is 421 g/mol. The van der Waals surface area contributed by atoms with E-state index in [1.165, 1.54) is 20.3 Å². The summed E-state index contributed by atoms with van der Waals surface area (Å²) >= 11 is 0. The van der Waals surface area contributed by atoms with Crippen molar-refractivity contribution in [2.75, 3.05) is 24.5 Å². The third-order valence-electron chi connectivity index (χ3n) is 4.69. The van der Waals surface area contributed by atoms with E-state index in [2.05, 4.69) is 5.32 Å². The van der Waals surface area contributed by atoms with Crippen LogP contribution in [-0.2, 0) is 6.54 Å². The lowest BCUT2D eigenvalue weighted by Crippen LogP contribution is -2.37. The number of nitrogens with one attached hydrogen (secondary N) is 1. The number of para-hydroxylation sites is 1. The smallest absolute Gasteiger partial charge is 0.337 e. The molecular weight excluding hydrogens is 398 g/mol. The number of hydrogen-bond donors (Lipinski definition) is 3. The van der Waals surface area contributed by atoms with E-state index in [9.17, 15) is 14.7 Å². The number of carbonyl (C=O) groups is 2. The number of benzene rings is 3. The highest BCUT2D eigenvalue weighted by Gasteiger charge is 2.17. The van der Waals surface area contributed by atoms with Crippen LogP contribution in [0.25, 0.3) is 0 Å². The standard InChI is InChI=1S/C23H23N3O5/c1-30-20-12-18(23(28)29)19(13-21(20)31-2)25-14-15-8-10-16(11-9-15)22(27)26(24)17-6-4-3-5-7-17/h3-13,25H,14,24H2,1-2H3,(H,28,29). The molecule has 0 radical (unpaired) electrons. The number of rotatable bonds is 8. The van der Waals surface area contributed by atoms with Gasteiger partial charge in [0, 0.05) is 24.2 Å². The molecule has 3 aromatic carbocycles. The molecule has 3 aromatic rings. The summed E-state index contributed by atoms with van der Waals surface area (Å²) < 4.78 is 10.4. The minimum atomic E-state index is -1.09. The van der Waals surface area contributed by atoms with Crippen molar-refractivity contribution in [2.45, 2.75) is 6.54 Å². The van der Waals surface area contributed by atoms with Crippen LogP contribution in [0.3, 0.4) is 0 Å². The first-order valence-electron chi connectivity index (χ1n) is 9.41. The summed E-state index contributed by atoms with van der Waals surface area (Å²) in [5.41, 5.74) is 2.33. The van der Waals surface area contributed by atoms with Crippen molar-refractivity contribution in [1.82, 2.24) is 0 Å². The molecule has 0 fully saturated rings. The summed E-state index contributed by atoms with van der Waals surface area (Å²) in [4.78, 5) is 24.2. The number of aromatic carboxylic acids is 1. The van der Waals surface area contributed by atoms with Crippen molar-refractivity contribution < 1.29 is 24.2 Å². The minimum Gasteiger partial charge on any atom is -0.493 e. The van der Waals surface area contributed by atoms with Gasteiger partial charge in [-0.3, -0.25) is 4.79 Å². The van der Waals surface area contributed by atoms with Gasteiger partial charge in [-0.25, -0.2) is 15.6 Å². The van der Waals surface area contributed by atoms with Crippen molar-refractivity contribution in [3.63, 3.8) is 0 Å². The van der Waals surface area contributed by atoms with Gasteiger partial charge in [0.15, 0.2) is 11.5 Å². The minimum absolute atomic E-state index is 0.0612. The van der Waals surface area contributed by atoms with Gasteiger partial charge in [0.2, 0.25) is 0 Å². The molecule has 3 rings (SSSR count). The van der Waals surface area contributed by atoms with Gasteiger partial charge < -0.3 is 19.9 Å². The molecule has 0 aromatic heterocycles. The van der Waals surface area contributed by atoms with Crippen LogP contribution in [0.4, 0.5) is 11.4 Å². The fourth-order valence-electron chi connectivity index (χ4n) is 3.01. The maximum Gasteiger partial charge on any atom is 0.337 e. The highest BCUT2D eigenvalue weighted by molar-refractivity contribution is 6.05. The lowest BCUT2D eigenvalue weighted by molar-refractivity contribution is 0.0697. The molecule has 0 spiro atoms. The van der Waals surface area contributed by atoms with Gasteiger partial charge in [-0.2, -0.15) is 0 Å². The Morgan fingerprint density at radius 1 is 0.968 bits per heavy atom. The molecule has 8 heteroatoms. The summed E-state index contributed by atoms with van der Waals surface area (Å²) in [5.74, 6) is 5.26. The Kier molecular flexibility index (Phi) is 6.74. The highest BCUT2D eigenvalue weighted by atomic mass is 16.5. The fraction of sp³-hybridized carbons (Fsp3) is 0.130. The molecule has 0 saturated heterocycles. The van der Waals surface area contributed by atoms with E-state index >= 15 is 0 Å². The number of ether oxygens (including phenoxy) is 2. The van der Waals surface area contributed by atoms with Crippen LogP contribution in [0, 0.1) is 0 Å². The second-order valence-corrected chi connectivity index (χ2v) is 6.62. The van der Waals surface area contributed by atoms with Crippen molar-refractivity contribution in [3.8, 4) is 11.5 Å². The summed E-state index contributed by atoms with van der Waals surface area (Å²) in [7, 11) is 2.92. The van der Waals surface area contributed by atoms with Gasteiger partial charge in [0.25, 0.3) is 5.91 Å². The van der Waals surface area contributed by atoms with Crippen LogP contribution in [0.15, 0.2) is 66.7 Å². The number of nitrogens with zero attached hydrogens (tertiary/aromatic N) is 1. The molecule has 1 amide bonds. The van der Waals surface area contributed by atoms with Crippen LogP contribution in [0.5, 0.6) is 11.5 Å². The number of carboxylic acid groups (broad SMARTS) is 1.